The number of rotatable bonds is 6. The standard InChI is InChI=1S/C19H16ClFN2O2/c20-15-8-5-13(6-9-15)11-22-18(24)10-7-14-12-25-23-19(14)16-3-1-2-4-17(16)21/h1-6,8-9,12H,7,10-11H2,(H,22,24). The van der Waals surface area contributed by atoms with Crippen molar-refractivity contribution in [3.8, 4) is 11.3 Å². The molecule has 0 saturated heterocycles. The van der Waals surface area contributed by atoms with Crippen LogP contribution in [0.5, 0.6) is 0 Å². The van der Waals surface area contributed by atoms with Gasteiger partial charge in [-0.15, -0.1) is 0 Å². The fourth-order valence-electron chi connectivity index (χ4n) is 2.45. The summed E-state index contributed by atoms with van der Waals surface area (Å²) in [5.74, 6) is -0.472. The van der Waals surface area contributed by atoms with Crippen LogP contribution in [0.1, 0.15) is 17.5 Å². The topological polar surface area (TPSA) is 55.1 Å². The Morgan fingerprint density at radius 1 is 1.16 bits per heavy atom. The monoisotopic (exact) mass is 358 g/mol. The summed E-state index contributed by atoms with van der Waals surface area (Å²) in [7, 11) is 0. The molecule has 0 spiro atoms. The third-order valence-corrected chi connectivity index (χ3v) is 4.05. The number of halogens is 2. The van der Waals surface area contributed by atoms with Crippen molar-refractivity contribution >= 4 is 17.5 Å². The zero-order valence-electron chi connectivity index (χ0n) is 13.3. The van der Waals surface area contributed by atoms with Gasteiger partial charge in [-0.25, -0.2) is 4.39 Å². The van der Waals surface area contributed by atoms with Crippen molar-refractivity contribution < 1.29 is 13.7 Å². The average molecular weight is 359 g/mol. The summed E-state index contributed by atoms with van der Waals surface area (Å²) in [5, 5.41) is 7.37. The number of hydrogen-bond donors (Lipinski definition) is 1. The fourth-order valence-corrected chi connectivity index (χ4v) is 2.58. The molecule has 3 rings (SSSR count). The fraction of sp³-hybridized carbons (Fsp3) is 0.158. The molecule has 2 aromatic carbocycles. The van der Waals surface area contributed by atoms with Gasteiger partial charge in [0.2, 0.25) is 5.91 Å². The Morgan fingerprint density at radius 2 is 1.92 bits per heavy atom. The van der Waals surface area contributed by atoms with Crippen LogP contribution in [0.15, 0.2) is 59.3 Å². The van der Waals surface area contributed by atoms with Gasteiger partial charge in [-0.05, 0) is 36.2 Å². The molecule has 0 atom stereocenters. The first-order valence-electron chi connectivity index (χ1n) is 7.83. The summed E-state index contributed by atoms with van der Waals surface area (Å²) in [5.41, 5.74) is 2.47. The Labute approximate surface area is 149 Å². The Kier molecular flexibility index (Phi) is 5.46. The van der Waals surface area contributed by atoms with E-state index in [1.54, 1.807) is 30.3 Å². The number of aromatic nitrogens is 1. The van der Waals surface area contributed by atoms with Crippen LogP contribution in [0.4, 0.5) is 4.39 Å². The van der Waals surface area contributed by atoms with E-state index in [1.165, 1.54) is 12.3 Å². The van der Waals surface area contributed by atoms with Gasteiger partial charge in [-0.1, -0.05) is 41.0 Å². The highest BCUT2D eigenvalue weighted by molar-refractivity contribution is 6.30. The van der Waals surface area contributed by atoms with Gasteiger partial charge in [0.1, 0.15) is 17.8 Å². The Bertz CT molecular complexity index is 862. The molecule has 0 aliphatic heterocycles. The number of benzene rings is 2. The van der Waals surface area contributed by atoms with Crippen molar-refractivity contribution in [2.75, 3.05) is 0 Å². The predicted octanol–water partition coefficient (Wildman–Crippen LogP) is 4.38. The molecule has 1 N–H and O–H groups in total. The zero-order valence-corrected chi connectivity index (χ0v) is 14.1. The minimum absolute atomic E-state index is 0.101. The molecule has 25 heavy (non-hydrogen) atoms. The Balaban J connectivity index is 1.57. The molecule has 1 amide bonds. The van der Waals surface area contributed by atoms with Gasteiger partial charge < -0.3 is 9.84 Å². The lowest BCUT2D eigenvalue weighted by atomic mass is 10.0. The van der Waals surface area contributed by atoms with Crippen molar-refractivity contribution in [1.29, 1.82) is 0 Å². The van der Waals surface area contributed by atoms with Crippen molar-refractivity contribution in [1.82, 2.24) is 10.5 Å². The number of hydrogen-bond acceptors (Lipinski definition) is 3. The second-order valence-electron chi connectivity index (χ2n) is 5.57. The van der Waals surface area contributed by atoms with Crippen LogP contribution in [-0.4, -0.2) is 11.1 Å². The SMILES string of the molecule is O=C(CCc1conc1-c1ccccc1F)NCc1ccc(Cl)cc1. The number of amides is 1. The highest BCUT2D eigenvalue weighted by Crippen LogP contribution is 2.25. The van der Waals surface area contributed by atoms with E-state index in [4.69, 9.17) is 16.1 Å². The van der Waals surface area contributed by atoms with Crippen LogP contribution in [-0.2, 0) is 17.8 Å². The molecular weight excluding hydrogens is 343 g/mol. The maximum absolute atomic E-state index is 13.9. The molecule has 4 nitrogen and oxygen atoms in total. The van der Waals surface area contributed by atoms with E-state index in [2.05, 4.69) is 10.5 Å². The lowest BCUT2D eigenvalue weighted by Crippen LogP contribution is -2.22. The number of aryl methyl sites for hydroxylation is 1. The van der Waals surface area contributed by atoms with E-state index in [0.29, 0.717) is 34.8 Å². The molecular formula is C19H16ClFN2O2. The number of carbonyl (C=O) groups excluding carboxylic acids is 1. The van der Waals surface area contributed by atoms with Crippen LogP contribution in [0.25, 0.3) is 11.3 Å². The first kappa shape index (κ1) is 17.2. The minimum Gasteiger partial charge on any atom is -0.364 e. The smallest absolute Gasteiger partial charge is 0.220 e. The normalized spacial score (nSPS) is 10.6. The van der Waals surface area contributed by atoms with Gasteiger partial charge in [0, 0.05) is 29.1 Å². The summed E-state index contributed by atoms with van der Waals surface area (Å²) in [6.07, 6.45) is 2.13. The molecule has 0 radical (unpaired) electrons. The van der Waals surface area contributed by atoms with Crippen LogP contribution >= 0.6 is 11.6 Å². The summed E-state index contributed by atoms with van der Waals surface area (Å²) < 4.78 is 18.9. The van der Waals surface area contributed by atoms with Crippen molar-refractivity contribution in [3.05, 3.63) is 76.8 Å². The zero-order chi connectivity index (χ0) is 17.6. The second kappa shape index (κ2) is 7.94. The average Bonchev–Trinajstić information content (AvgIpc) is 3.08. The molecule has 0 aliphatic carbocycles. The molecule has 1 heterocycles. The van der Waals surface area contributed by atoms with E-state index >= 15 is 0 Å². The van der Waals surface area contributed by atoms with Crippen molar-refractivity contribution in [3.63, 3.8) is 0 Å². The molecule has 0 saturated carbocycles. The van der Waals surface area contributed by atoms with Crippen LogP contribution in [0.3, 0.4) is 0 Å². The summed E-state index contributed by atoms with van der Waals surface area (Å²) in [6.45, 7) is 0.430. The predicted molar refractivity (Wildman–Crippen MR) is 93.5 cm³/mol. The van der Waals surface area contributed by atoms with Crippen molar-refractivity contribution in [2.45, 2.75) is 19.4 Å². The molecule has 6 heteroatoms. The Morgan fingerprint density at radius 3 is 2.68 bits per heavy atom. The largest absolute Gasteiger partial charge is 0.364 e. The van der Waals surface area contributed by atoms with Gasteiger partial charge in [0.05, 0.1) is 0 Å². The van der Waals surface area contributed by atoms with E-state index in [0.717, 1.165) is 5.56 Å². The third-order valence-electron chi connectivity index (χ3n) is 3.80. The van der Waals surface area contributed by atoms with Gasteiger partial charge in [0.15, 0.2) is 0 Å². The lowest BCUT2D eigenvalue weighted by Gasteiger charge is -2.06. The molecule has 128 valence electrons. The second-order valence-corrected chi connectivity index (χ2v) is 6.01. The summed E-state index contributed by atoms with van der Waals surface area (Å²) in [4.78, 5) is 12.0. The molecule has 0 fully saturated rings. The van der Waals surface area contributed by atoms with E-state index in [9.17, 15) is 9.18 Å². The number of nitrogens with one attached hydrogen (secondary N) is 1. The van der Waals surface area contributed by atoms with Crippen molar-refractivity contribution in [2.24, 2.45) is 0 Å². The number of carbonyl (C=O) groups is 1. The number of nitrogens with zero attached hydrogens (tertiary/aromatic N) is 1. The molecule has 0 bridgehead atoms. The van der Waals surface area contributed by atoms with Crippen LogP contribution in [0, 0.1) is 5.82 Å². The van der Waals surface area contributed by atoms with Crippen LogP contribution in [0.2, 0.25) is 5.02 Å². The van der Waals surface area contributed by atoms with Crippen LogP contribution < -0.4 is 5.32 Å². The van der Waals surface area contributed by atoms with E-state index in [1.807, 2.05) is 12.1 Å². The summed E-state index contributed by atoms with van der Waals surface area (Å²) >= 11 is 5.83. The highest BCUT2D eigenvalue weighted by Gasteiger charge is 2.15. The minimum atomic E-state index is -0.371. The molecule has 1 aromatic heterocycles. The quantitative estimate of drug-likeness (QED) is 0.711. The van der Waals surface area contributed by atoms with Gasteiger partial charge in [0.25, 0.3) is 0 Å². The highest BCUT2D eigenvalue weighted by atomic mass is 35.5. The first-order valence-corrected chi connectivity index (χ1v) is 8.20. The third kappa shape index (κ3) is 4.45. The first-order chi connectivity index (χ1) is 12.1. The van der Waals surface area contributed by atoms with Gasteiger partial charge in [-0.2, -0.15) is 0 Å². The lowest BCUT2D eigenvalue weighted by molar-refractivity contribution is -0.121. The molecule has 0 aliphatic rings. The maximum Gasteiger partial charge on any atom is 0.220 e. The molecule has 0 unspecified atom stereocenters. The van der Waals surface area contributed by atoms with E-state index in [-0.39, 0.29) is 18.1 Å². The van der Waals surface area contributed by atoms with Gasteiger partial charge >= 0.3 is 0 Å². The van der Waals surface area contributed by atoms with E-state index < -0.39 is 0 Å². The Hall–Kier alpha value is -2.66. The maximum atomic E-state index is 13.9. The summed E-state index contributed by atoms with van der Waals surface area (Å²) in [6, 6.07) is 13.6. The van der Waals surface area contributed by atoms with Gasteiger partial charge in [-0.3, -0.25) is 4.79 Å². The molecule has 3 aromatic rings.